The molecule has 1 unspecified atom stereocenters. The highest BCUT2D eigenvalue weighted by Gasteiger charge is 2.36. The number of aliphatic carboxylic acids is 1. The molecule has 3 heteroatoms. The molecule has 14 heavy (non-hydrogen) atoms. The lowest BCUT2D eigenvalue weighted by molar-refractivity contribution is -0.145. The molecule has 84 valence electrons. The maximum Gasteiger partial charge on any atom is 0.323 e. The third-order valence-electron chi connectivity index (χ3n) is 1.94. The molecular formula is C11H23NO2. The van der Waals surface area contributed by atoms with Crippen LogP contribution < -0.4 is 5.32 Å². The first-order valence-corrected chi connectivity index (χ1v) is 5.09. The smallest absolute Gasteiger partial charge is 0.323 e. The molecule has 0 aliphatic carbocycles. The van der Waals surface area contributed by atoms with Gasteiger partial charge >= 0.3 is 5.97 Å². The van der Waals surface area contributed by atoms with E-state index in [9.17, 15) is 9.90 Å². The monoisotopic (exact) mass is 201 g/mol. The Morgan fingerprint density at radius 1 is 1.29 bits per heavy atom. The van der Waals surface area contributed by atoms with E-state index in [1.165, 1.54) is 0 Å². The van der Waals surface area contributed by atoms with Crippen molar-refractivity contribution in [1.29, 1.82) is 0 Å². The summed E-state index contributed by atoms with van der Waals surface area (Å²) in [6.45, 7) is 11.8. The van der Waals surface area contributed by atoms with E-state index in [0.717, 1.165) is 0 Å². The Morgan fingerprint density at radius 3 is 1.93 bits per heavy atom. The second kappa shape index (κ2) is 4.30. The molecule has 0 aromatic carbocycles. The molecule has 0 heterocycles. The van der Waals surface area contributed by atoms with Crippen molar-refractivity contribution < 1.29 is 9.90 Å². The van der Waals surface area contributed by atoms with Gasteiger partial charge in [-0.2, -0.15) is 0 Å². The summed E-state index contributed by atoms with van der Waals surface area (Å²) >= 11 is 0. The van der Waals surface area contributed by atoms with Gasteiger partial charge in [-0.05, 0) is 40.0 Å². The molecule has 1 atom stereocenters. The van der Waals surface area contributed by atoms with Gasteiger partial charge in [0.15, 0.2) is 0 Å². The van der Waals surface area contributed by atoms with Gasteiger partial charge in [0.2, 0.25) is 0 Å². The van der Waals surface area contributed by atoms with Crippen LogP contribution in [0.15, 0.2) is 0 Å². The van der Waals surface area contributed by atoms with Crippen LogP contribution in [-0.4, -0.2) is 22.2 Å². The molecule has 0 aromatic rings. The van der Waals surface area contributed by atoms with E-state index in [0.29, 0.717) is 12.3 Å². The number of carbonyl (C=O) groups is 1. The van der Waals surface area contributed by atoms with Crippen LogP contribution in [0.3, 0.4) is 0 Å². The molecule has 0 radical (unpaired) electrons. The number of hydrogen-bond acceptors (Lipinski definition) is 2. The molecule has 0 bridgehead atoms. The van der Waals surface area contributed by atoms with Gasteiger partial charge < -0.3 is 5.11 Å². The Bertz CT molecular complexity index is 206. The number of nitrogens with one attached hydrogen (secondary N) is 1. The lowest BCUT2D eigenvalue weighted by atomic mass is 9.88. The van der Waals surface area contributed by atoms with Crippen LogP contribution in [0.1, 0.15) is 48.0 Å². The summed E-state index contributed by atoms with van der Waals surface area (Å²) in [5, 5.41) is 12.3. The average Bonchev–Trinajstić information content (AvgIpc) is 1.79. The van der Waals surface area contributed by atoms with Crippen molar-refractivity contribution in [1.82, 2.24) is 5.32 Å². The van der Waals surface area contributed by atoms with Gasteiger partial charge in [0.05, 0.1) is 0 Å². The normalized spacial score (nSPS) is 16.8. The van der Waals surface area contributed by atoms with Crippen LogP contribution >= 0.6 is 0 Å². The van der Waals surface area contributed by atoms with Crippen molar-refractivity contribution in [2.24, 2.45) is 5.92 Å². The van der Waals surface area contributed by atoms with Gasteiger partial charge in [0.25, 0.3) is 0 Å². The largest absolute Gasteiger partial charge is 0.480 e. The molecule has 0 amide bonds. The SMILES string of the molecule is CC(C)CC(C)(NC(C)(C)C)C(=O)O. The van der Waals surface area contributed by atoms with E-state index in [4.69, 9.17) is 0 Å². The minimum atomic E-state index is -0.827. The summed E-state index contributed by atoms with van der Waals surface area (Å²) in [6, 6.07) is 0. The van der Waals surface area contributed by atoms with Crippen LogP contribution in [-0.2, 0) is 4.79 Å². The fourth-order valence-corrected chi connectivity index (χ4v) is 1.84. The van der Waals surface area contributed by atoms with Crippen LogP contribution in [0.5, 0.6) is 0 Å². The predicted molar refractivity (Wildman–Crippen MR) is 58.4 cm³/mol. The Balaban J connectivity index is 4.65. The second-order valence-corrected chi connectivity index (χ2v) is 5.61. The highest BCUT2D eigenvalue weighted by molar-refractivity contribution is 5.78. The van der Waals surface area contributed by atoms with Crippen molar-refractivity contribution in [2.75, 3.05) is 0 Å². The van der Waals surface area contributed by atoms with Crippen molar-refractivity contribution in [3.8, 4) is 0 Å². The van der Waals surface area contributed by atoms with E-state index in [1.807, 2.05) is 34.6 Å². The Kier molecular flexibility index (Phi) is 4.13. The minimum absolute atomic E-state index is 0.179. The standard InChI is InChI=1S/C11H23NO2/c1-8(2)7-11(6,9(13)14)12-10(3,4)5/h8,12H,7H2,1-6H3,(H,13,14). The maximum absolute atomic E-state index is 11.2. The molecule has 0 rings (SSSR count). The quantitative estimate of drug-likeness (QED) is 0.733. The van der Waals surface area contributed by atoms with Crippen LogP contribution in [0.2, 0.25) is 0 Å². The molecule has 0 saturated heterocycles. The Morgan fingerprint density at radius 2 is 1.71 bits per heavy atom. The fraction of sp³-hybridized carbons (Fsp3) is 0.909. The van der Waals surface area contributed by atoms with Crippen LogP contribution in [0.25, 0.3) is 0 Å². The number of carboxylic acid groups (broad SMARTS) is 1. The van der Waals surface area contributed by atoms with Gasteiger partial charge in [0.1, 0.15) is 5.54 Å². The van der Waals surface area contributed by atoms with Crippen LogP contribution in [0.4, 0.5) is 0 Å². The molecule has 0 saturated carbocycles. The zero-order valence-corrected chi connectivity index (χ0v) is 10.1. The Hall–Kier alpha value is -0.570. The lowest BCUT2D eigenvalue weighted by Crippen LogP contribution is -2.57. The van der Waals surface area contributed by atoms with Crippen molar-refractivity contribution in [2.45, 2.75) is 59.0 Å². The second-order valence-electron chi connectivity index (χ2n) is 5.61. The van der Waals surface area contributed by atoms with Crippen molar-refractivity contribution in [3.63, 3.8) is 0 Å². The van der Waals surface area contributed by atoms with Crippen molar-refractivity contribution >= 4 is 5.97 Å². The first-order chi connectivity index (χ1) is 6.07. The third-order valence-corrected chi connectivity index (χ3v) is 1.94. The molecule has 0 aliphatic heterocycles. The van der Waals surface area contributed by atoms with E-state index in [-0.39, 0.29) is 5.54 Å². The number of rotatable bonds is 4. The third kappa shape index (κ3) is 4.61. The summed E-state index contributed by atoms with van der Waals surface area (Å²) in [4.78, 5) is 11.2. The highest BCUT2D eigenvalue weighted by atomic mass is 16.4. The molecule has 0 fully saturated rings. The zero-order chi connectivity index (χ0) is 11.6. The average molecular weight is 201 g/mol. The fourth-order valence-electron chi connectivity index (χ4n) is 1.84. The molecule has 0 aromatic heterocycles. The maximum atomic E-state index is 11.2. The van der Waals surface area contributed by atoms with Gasteiger partial charge in [-0.3, -0.25) is 10.1 Å². The first kappa shape index (κ1) is 13.4. The van der Waals surface area contributed by atoms with Gasteiger partial charge in [-0.25, -0.2) is 0 Å². The highest BCUT2D eigenvalue weighted by Crippen LogP contribution is 2.20. The first-order valence-electron chi connectivity index (χ1n) is 5.09. The van der Waals surface area contributed by atoms with E-state index in [2.05, 4.69) is 5.32 Å². The zero-order valence-electron chi connectivity index (χ0n) is 10.1. The Labute approximate surface area is 86.9 Å². The summed E-state index contributed by atoms with van der Waals surface area (Å²) in [6.07, 6.45) is 0.638. The van der Waals surface area contributed by atoms with Gasteiger partial charge in [-0.1, -0.05) is 13.8 Å². The van der Waals surface area contributed by atoms with E-state index in [1.54, 1.807) is 6.92 Å². The number of hydrogen-bond donors (Lipinski definition) is 2. The van der Waals surface area contributed by atoms with E-state index >= 15 is 0 Å². The van der Waals surface area contributed by atoms with Gasteiger partial charge in [-0.15, -0.1) is 0 Å². The van der Waals surface area contributed by atoms with Gasteiger partial charge in [0, 0.05) is 5.54 Å². The topological polar surface area (TPSA) is 49.3 Å². The van der Waals surface area contributed by atoms with E-state index < -0.39 is 11.5 Å². The summed E-state index contributed by atoms with van der Waals surface area (Å²) < 4.78 is 0. The molecule has 3 nitrogen and oxygen atoms in total. The molecule has 0 spiro atoms. The predicted octanol–water partition coefficient (Wildman–Crippen LogP) is 2.26. The summed E-state index contributed by atoms with van der Waals surface area (Å²) in [5.74, 6) is -0.410. The minimum Gasteiger partial charge on any atom is -0.480 e. The molecule has 2 N–H and O–H groups in total. The summed E-state index contributed by atoms with van der Waals surface area (Å²) in [5.41, 5.74) is -1.01. The van der Waals surface area contributed by atoms with Crippen molar-refractivity contribution in [3.05, 3.63) is 0 Å². The molecular weight excluding hydrogens is 178 g/mol. The van der Waals surface area contributed by atoms with Crippen LogP contribution in [0, 0.1) is 5.92 Å². The molecule has 0 aliphatic rings. The summed E-state index contributed by atoms with van der Waals surface area (Å²) in [7, 11) is 0. The number of carboxylic acids is 1. The lowest BCUT2D eigenvalue weighted by Gasteiger charge is -2.35.